The van der Waals surface area contributed by atoms with E-state index in [4.69, 9.17) is 9.84 Å². The van der Waals surface area contributed by atoms with Gasteiger partial charge in [0, 0.05) is 19.0 Å². The lowest BCUT2D eigenvalue weighted by atomic mass is 10.1. The summed E-state index contributed by atoms with van der Waals surface area (Å²) in [4.78, 5) is 28.4. The van der Waals surface area contributed by atoms with Gasteiger partial charge in [-0.25, -0.2) is 14.6 Å². The molecule has 1 saturated heterocycles. The summed E-state index contributed by atoms with van der Waals surface area (Å²) in [6, 6.07) is 9.46. The summed E-state index contributed by atoms with van der Waals surface area (Å²) in [5.74, 6) is -1.00. The molecule has 23 heavy (non-hydrogen) atoms. The Morgan fingerprint density at radius 2 is 2.13 bits per heavy atom. The molecule has 2 heterocycles. The van der Waals surface area contributed by atoms with Crippen LogP contribution in [0.5, 0.6) is 0 Å². The van der Waals surface area contributed by atoms with Crippen LogP contribution in [0.2, 0.25) is 0 Å². The van der Waals surface area contributed by atoms with Crippen LogP contribution in [0, 0.1) is 0 Å². The highest BCUT2D eigenvalue weighted by atomic mass is 16.6. The lowest BCUT2D eigenvalue weighted by Gasteiger charge is -2.15. The molecule has 1 aliphatic heterocycles. The zero-order valence-corrected chi connectivity index (χ0v) is 12.3. The quantitative estimate of drug-likeness (QED) is 0.887. The first kappa shape index (κ1) is 15.0. The van der Waals surface area contributed by atoms with Gasteiger partial charge in [-0.2, -0.15) is 0 Å². The standard InChI is InChI=1S/C15H16N4O4/c20-14(21)13-16-12(17-18-13)11-6-7-19(8-11)15(22)23-9-10-4-2-1-3-5-10/h1-5,11H,6-9H2,(H,20,21)(H,16,17,18)/t11-/m1/s1. The number of nitrogens with one attached hydrogen (secondary N) is 1. The molecule has 0 radical (unpaired) electrons. The van der Waals surface area contributed by atoms with Crippen molar-refractivity contribution in [2.75, 3.05) is 13.1 Å². The molecule has 1 aromatic carbocycles. The van der Waals surface area contributed by atoms with E-state index < -0.39 is 5.97 Å². The van der Waals surface area contributed by atoms with Gasteiger partial charge in [0.15, 0.2) is 0 Å². The molecule has 120 valence electrons. The number of hydrogen-bond donors (Lipinski definition) is 2. The summed E-state index contributed by atoms with van der Waals surface area (Å²) < 4.78 is 5.29. The van der Waals surface area contributed by atoms with Crippen LogP contribution in [-0.4, -0.2) is 50.3 Å². The van der Waals surface area contributed by atoms with Crippen molar-refractivity contribution >= 4 is 12.1 Å². The van der Waals surface area contributed by atoms with Gasteiger partial charge in [-0.3, -0.25) is 5.10 Å². The molecule has 1 amide bonds. The number of amides is 1. The Morgan fingerprint density at radius 3 is 2.83 bits per heavy atom. The molecule has 2 aromatic rings. The second-order valence-corrected chi connectivity index (χ2v) is 5.32. The molecular formula is C15H16N4O4. The predicted molar refractivity (Wildman–Crippen MR) is 78.9 cm³/mol. The lowest BCUT2D eigenvalue weighted by molar-refractivity contribution is 0.0683. The van der Waals surface area contributed by atoms with Crippen molar-refractivity contribution in [3.05, 3.63) is 47.5 Å². The Bertz CT molecular complexity index is 701. The number of aromatic amines is 1. The third kappa shape index (κ3) is 3.47. The van der Waals surface area contributed by atoms with Gasteiger partial charge in [-0.05, 0) is 12.0 Å². The van der Waals surface area contributed by atoms with Gasteiger partial charge in [0.1, 0.15) is 12.4 Å². The van der Waals surface area contributed by atoms with Crippen molar-refractivity contribution in [3.8, 4) is 0 Å². The van der Waals surface area contributed by atoms with Crippen LogP contribution < -0.4 is 0 Å². The Hall–Kier alpha value is -2.90. The van der Waals surface area contributed by atoms with E-state index in [2.05, 4.69) is 15.2 Å². The minimum atomic E-state index is -1.18. The molecule has 8 heteroatoms. The largest absolute Gasteiger partial charge is 0.475 e. The predicted octanol–water partition coefficient (Wildman–Crippen LogP) is 1.63. The van der Waals surface area contributed by atoms with E-state index in [1.165, 1.54) is 0 Å². The number of H-pyrrole nitrogens is 1. The highest BCUT2D eigenvalue weighted by molar-refractivity contribution is 5.82. The molecule has 0 bridgehead atoms. The van der Waals surface area contributed by atoms with Crippen molar-refractivity contribution in [2.24, 2.45) is 0 Å². The zero-order chi connectivity index (χ0) is 16.2. The topological polar surface area (TPSA) is 108 Å². The van der Waals surface area contributed by atoms with Crippen molar-refractivity contribution in [2.45, 2.75) is 18.9 Å². The Kier molecular flexibility index (Phi) is 4.22. The Morgan fingerprint density at radius 1 is 1.35 bits per heavy atom. The third-order valence-corrected chi connectivity index (χ3v) is 3.73. The second-order valence-electron chi connectivity index (χ2n) is 5.32. The number of carbonyl (C=O) groups excluding carboxylic acids is 1. The first-order chi connectivity index (χ1) is 11.1. The van der Waals surface area contributed by atoms with Crippen LogP contribution >= 0.6 is 0 Å². The molecule has 1 aliphatic rings. The van der Waals surface area contributed by atoms with Crippen LogP contribution in [0.15, 0.2) is 30.3 Å². The summed E-state index contributed by atoms with van der Waals surface area (Å²) in [5, 5.41) is 15.1. The second kappa shape index (κ2) is 6.47. The number of carboxylic acid groups (broad SMARTS) is 1. The molecular weight excluding hydrogens is 300 g/mol. The van der Waals surface area contributed by atoms with Gasteiger partial charge < -0.3 is 14.7 Å². The number of likely N-dealkylation sites (tertiary alicyclic amines) is 1. The molecule has 3 rings (SSSR count). The average Bonchev–Trinajstić information content (AvgIpc) is 3.22. The van der Waals surface area contributed by atoms with Gasteiger partial charge in [-0.15, -0.1) is 5.10 Å². The van der Waals surface area contributed by atoms with E-state index in [9.17, 15) is 9.59 Å². The normalized spacial score (nSPS) is 17.2. The monoisotopic (exact) mass is 316 g/mol. The highest BCUT2D eigenvalue weighted by Gasteiger charge is 2.30. The van der Waals surface area contributed by atoms with Crippen molar-refractivity contribution in [1.82, 2.24) is 20.1 Å². The maximum atomic E-state index is 12.1. The van der Waals surface area contributed by atoms with Crippen molar-refractivity contribution in [3.63, 3.8) is 0 Å². The summed E-state index contributed by atoms with van der Waals surface area (Å²) >= 11 is 0. The summed E-state index contributed by atoms with van der Waals surface area (Å²) in [5.41, 5.74) is 0.929. The first-order valence-electron chi connectivity index (χ1n) is 7.24. The maximum absolute atomic E-state index is 12.1. The average molecular weight is 316 g/mol. The van der Waals surface area contributed by atoms with Crippen LogP contribution in [0.25, 0.3) is 0 Å². The number of carbonyl (C=O) groups is 2. The molecule has 0 saturated carbocycles. The highest BCUT2D eigenvalue weighted by Crippen LogP contribution is 2.25. The maximum Gasteiger partial charge on any atom is 0.410 e. The van der Waals surface area contributed by atoms with E-state index in [0.717, 1.165) is 5.56 Å². The van der Waals surface area contributed by atoms with E-state index >= 15 is 0 Å². The van der Waals surface area contributed by atoms with Crippen LogP contribution in [0.1, 0.15) is 34.3 Å². The molecule has 0 aliphatic carbocycles. The van der Waals surface area contributed by atoms with Crippen LogP contribution in [0.4, 0.5) is 4.79 Å². The summed E-state index contributed by atoms with van der Waals surface area (Å²) in [6.07, 6.45) is 0.309. The fraction of sp³-hybridized carbons (Fsp3) is 0.333. The third-order valence-electron chi connectivity index (χ3n) is 3.73. The number of nitrogens with zero attached hydrogens (tertiary/aromatic N) is 3. The molecule has 1 atom stereocenters. The van der Waals surface area contributed by atoms with Crippen LogP contribution in [-0.2, 0) is 11.3 Å². The van der Waals surface area contributed by atoms with E-state index in [1.807, 2.05) is 30.3 Å². The number of benzene rings is 1. The van der Waals surface area contributed by atoms with Gasteiger partial charge in [0.25, 0.3) is 5.82 Å². The van der Waals surface area contributed by atoms with E-state index in [1.54, 1.807) is 4.90 Å². The Balaban J connectivity index is 1.54. The van der Waals surface area contributed by atoms with Gasteiger partial charge in [0.2, 0.25) is 0 Å². The van der Waals surface area contributed by atoms with Gasteiger partial charge >= 0.3 is 12.1 Å². The molecule has 2 N–H and O–H groups in total. The number of carboxylic acids is 1. The van der Waals surface area contributed by atoms with E-state index in [-0.39, 0.29) is 24.4 Å². The van der Waals surface area contributed by atoms with Gasteiger partial charge in [0.05, 0.1) is 0 Å². The smallest absolute Gasteiger partial charge is 0.410 e. The lowest BCUT2D eigenvalue weighted by Crippen LogP contribution is -2.29. The molecule has 0 unspecified atom stereocenters. The fourth-order valence-corrected chi connectivity index (χ4v) is 2.51. The fourth-order valence-electron chi connectivity index (χ4n) is 2.51. The molecule has 0 spiro atoms. The van der Waals surface area contributed by atoms with Crippen molar-refractivity contribution in [1.29, 1.82) is 0 Å². The van der Waals surface area contributed by atoms with Crippen LogP contribution in [0.3, 0.4) is 0 Å². The minimum Gasteiger partial charge on any atom is -0.475 e. The molecule has 8 nitrogen and oxygen atoms in total. The van der Waals surface area contributed by atoms with Crippen molar-refractivity contribution < 1.29 is 19.4 Å². The number of aromatic nitrogens is 3. The number of rotatable bonds is 4. The SMILES string of the molecule is O=C(O)c1n[nH]c([C@@H]2CCN(C(=O)OCc3ccccc3)C2)n1. The Labute approximate surface area is 132 Å². The number of ether oxygens (including phenoxy) is 1. The van der Waals surface area contributed by atoms with Gasteiger partial charge in [-0.1, -0.05) is 30.3 Å². The number of aromatic carboxylic acids is 1. The summed E-state index contributed by atoms with van der Waals surface area (Å²) in [7, 11) is 0. The summed E-state index contributed by atoms with van der Waals surface area (Å²) in [6.45, 7) is 1.20. The molecule has 1 fully saturated rings. The number of hydrogen-bond acceptors (Lipinski definition) is 5. The first-order valence-corrected chi connectivity index (χ1v) is 7.24. The zero-order valence-electron chi connectivity index (χ0n) is 12.3. The van der Waals surface area contributed by atoms with E-state index in [0.29, 0.717) is 25.3 Å². The minimum absolute atomic E-state index is 0.0557. The molecule has 1 aromatic heterocycles.